The van der Waals surface area contributed by atoms with Crippen LogP contribution in [0.15, 0.2) is 16.9 Å². The molecule has 14 heavy (non-hydrogen) atoms. The fraction of sp³-hybridized carbons (Fsp3) is 0.143. The normalized spacial score (nSPS) is 9.71. The van der Waals surface area contributed by atoms with Gasteiger partial charge in [-0.05, 0) is 11.0 Å². The lowest BCUT2D eigenvalue weighted by molar-refractivity contribution is -0.390. The first-order valence-electron chi connectivity index (χ1n) is 3.59. The fourth-order valence-electron chi connectivity index (χ4n) is 0.962. The Balaban J connectivity index is 3.21. The minimum atomic E-state index is -1.19. The topological polar surface area (TPSA) is 113 Å². The van der Waals surface area contributed by atoms with Crippen molar-refractivity contribution in [3.8, 4) is 0 Å². The summed E-state index contributed by atoms with van der Waals surface area (Å²) in [5.41, 5.74) is -0.659. The molecule has 0 radical (unpaired) electrons. The number of carboxylic acid groups (broad SMARTS) is 1. The van der Waals surface area contributed by atoms with Gasteiger partial charge in [0.25, 0.3) is 0 Å². The minimum Gasteiger partial charge on any atom is -0.481 e. The van der Waals surface area contributed by atoms with Gasteiger partial charge in [0, 0.05) is 6.07 Å². The number of rotatable bonds is 3. The first-order valence-corrected chi connectivity index (χ1v) is 3.59. The highest BCUT2D eigenvalue weighted by atomic mass is 16.6. The largest absolute Gasteiger partial charge is 0.481 e. The Morgan fingerprint density at radius 1 is 1.57 bits per heavy atom. The lowest BCUT2D eigenvalue weighted by atomic mass is 10.2. The van der Waals surface area contributed by atoms with Crippen molar-refractivity contribution >= 4 is 11.8 Å². The standard InChI is InChI=1S/C7H6N2O5/c10-5-2-1-4(3-6(11)12)7(8-5)9(13)14/h1-2H,3H2,(H,8,10)(H,11,12). The molecule has 7 heteroatoms. The number of nitrogens with one attached hydrogen (secondary N) is 1. The van der Waals surface area contributed by atoms with Crippen LogP contribution in [0.5, 0.6) is 0 Å². The van der Waals surface area contributed by atoms with E-state index in [2.05, 4.69) is 0 Å². The van der Waals surface area contributed by atoms with Crippen LogP contribution in [0.4, 0.5) is 5.82 Å². The number of aromatic amines is 1. The number of hydrogen-bond acceptors (Lipinski definition) is 4. The summed E-state index contributed by atoms with van der Waals surface area (Å²) < 4.78 is 0. The fourth-order valence-corrected chi connectivity index (χ4v) is 0.962. The lowest BCUT2D eigenvalue weighted by Gasteiger charge is -1.99. The molecule has 2 N–H and O–H groups in total. The van der Waals surface area contributed by atoms with Gasteiger partial charge in [-0.1, -0.05) is 0 Å². The predicted octanol–water partition coefficient (Wildman–Crippen LogP) is -0.0898. The van der Waals surface area contributed by atoms with Gasteiger partial charge < -0.3 is 15.2 Å². The number of hydrogen-bond donors (Lipinski definition) is 2. The number of pyridine rings is 1. The van der Waals surface area contributed by atoms with Crippen LogP contribution < -0.4 is 5.56 Å². The van der Waals surface area contributed by atoms with Crippen LogP contribution in [0.25, 0.3) is 0 Å². The van der Waals surface area contributed by atoms with Gasteiger partial charge >= 0.3 is 17.3 Å². The minimum absolute atomic E-state index is 0.0258. The van der Waals surface area contributed by atoms with Crippen LogP contribution in [0, 0.1) is 10.1 Å². The molecule has 1 rings (SSSR count). The van der Waals surface area contributed by atoms with Crippen molar-refractivity contribution in [1.82, 2.24) is 4.98 Å². The molecule has 0 aliphatic heterocycles. The molecule has 1 heterocycles. The first kappa shape index (κ1) is 9.90. The molecule has 0 atom stereocenters. The summed E-state index contributed by atoms with van der Waals surface area (Å²) in [7, 11) is 0. The van der Waals surface area contributed by atoms with Crippen LogP contribution in [0.1, 0.15) is 5.56 Å². The van der Waals surface area contributed by atoms with Gasteiger partial charge in [-0.3, -0.25) is 4.79 Å². The maximum absolute atomic E-state index is 10.7. The zero-order valence-electron chi connectivity index (χ0n) is 6.89. The number of carbonyl (C=O) groups is 1. The highest BCUT2D eigenvalue weighted by Crippen LogP contribution is 2.12. The van der Waals surface area contributed by atoms with Crippen LogP contribution in [0.2, 0.25) is 0 Å². The summed E-state index contributed by atoms with van der Waals surface area (Å²) >= 11 is 0. The highest BCUT2D eigenvalue weighted by molar-refractivity contribution is 5.71. The van der Waals surface area contributed by atoms with Crippen molar-refractivity contribution in [2.24, 2.45) is 0 Å². The molecular formula is C7H6N2O5. The van der Waals surface area contributed by atoms with E-state index < -0.39 is 28.7 Å². The zero-order chi connectivity index (χ0) is 10.7. The molecule has 0 amide bonds. The van der Waals surface area contributed by atoms with Gasteiger partial charge in [-0.15, -0.1) is 0 Å². The number of nitrogens with zero attached hydrogens (tertiary/aromatic N) is 1. The van der Waals surface area contributed by atoms with Crippen molar-refractivity contribution in [1.29, 1.82) is 0 Å². The molecule has 0 fully saturated rings. The molecule has 1 aromatic rings. The summed E-state index contributed by atoms with van der Waals surface area (Å²) in [5.74, 6) is -1.76. The van der Waals surface area contributed by atoms with E-state index in [1.807, 2.05) is 4.98 Å². The molecule has 0 saturated heterocycles. The second-order valence-corrected chi connectivity index (χ2v) is 2.52. The maximum Gasteiger partial charge on any atom is 0.331 e. The Morgan fingerprint density at radius 2 is 2.21 bits per heavy atom. The second-order valence-electron chi connectivity index (χ2n) is 2.52. The molecular weight excluding hydrogens is 192 g/mol. The van der Waals surface area contributed by atoms with E-state index in [1.165, 1.54) is 0 Å². The van der Waals surface area contributed by atoms with Gasteiger partial charge in [0.05, 0.1) is 12.0 Å². The number of H-pyrrole nitrogens is 1. The number of carboxylic acids is 1. The van der Waals surface area contributed by atoms with Crippen molar-refractivity contribution in [3.05, 3.63) is 38.2 Å². The first-order chi connectivity index (χ1) is 6.50. The third-order valence-electron chi connectivity index (χ3n) is 1.51. The molecule has 7 nitrogen and oxygen atoms in total. The molecule has 0 aliphatic rings. The molecule has 0 bridgehead atoms. The third-order valence-corrected chi connectivity index (χ3v) is 1.51. The molecule has 74 valence electrons. The van der Waals surface area contributed by atoms with E-state index >= 15 is 0 Å². The summed E-state index contributed by atoms with van der Waals surface area (Å²) in [5, 5.41) is 18.8. The molecule has 0 unspecified atom stereocenters. The Morgan fingerprint density at radius 3 is 2.71 bits per heavy atom. The molecule has 0 saturated carbocycles. The smallest absolute Gasteiger partial charge is 0.331 e. The summed E-state index contributed by atoms with van der Waals surface area (Å²) in [6, 6.07) is 2.18. The van der Waals surface area contributed by atoms with Crippen molar-refractivity contribution < 1.29 is 14.8 Å². The monoisotopic (exact) mass is 198 g/mol. The van der Waals surface area contributed by atoms with Gasteiger partial charge in [-0.2, -0.15) is 0 Å². The van der Waals surface area contributed by atoms with Crippen molar-refractivity contribution in [2.75, 3.05) is 0 Å². The van der Waals surface area contributed by atoms with Gasteiger partial charge in [0.1, 0.15) is 0 Å². The van der Waals surface area contributed by atoms with Gasteiger partial charge in [0.2, 0.25) is 0 Å². The lowest BCUT2D eigenvalue weighted by Crippen LogP contribution is -2.12. The Hall–Kier alpha value is -2.18. The summed E-state index contributed by atoms with van der Waals surface area (Å²) in [4.78, 5) is 32.6. The van der Waals surface area contributed by atoms with E-state index in [0.29, 0.717) is 0 Å². The van der Waals surface area contributed by atoms with E-state index in [9.17, 15) is 19.7 Å². The van der Waals surface area contributed by atoms with E-state index in [-0.39, 0.29) is 5.56 Å². The number of nitro groups is 1. The Kier molecular flexibility index (Phi) is 2.61. The third kappa shape index (κ3) is 2.16. The highest BCUT2D eigenvalue weighted by Gasteiger charge is 2.15. The van der Waals surface area contributed by atoms with E-state index in [4.69, 9.17) is 5.11 Å². The second kappa shape index (κ2) is 3.69. The van der Waals surface area contributed by atoms with E-state index in [0.717, 1.165) is 12.1 Å². The maximum atomic E-state index is 10.7. The van der Waals surface area contributed by atoms with Crippen LogP contribution in [-0.2, 0) is 11.2 Å². The number of aromatic nitrogens is 1. The summed E-state index contributed by atoms with van der Waals surface area (Å²) in [6.45, 7) is 0. The number of aliphatic carboxylic acids is 1. The average molecular weight is 198 g/mol. The molecule has 0 spiro atoms. The van der Waals surface area contributed by atoms with Gasteiger partial charge in [0.15, 0.2) is 0 Å². The Bertz CT molecular complexity index is 436. The Labute approximate surface area is 77.2 Å². The quantitative estimate of drug-likeness (QED) is 0.520. The predicted molar refractivity (Wildman–Crippen MR) is 45.1 cm³/mol. The summed E-state index contributed by atoms with van der Waals surface area (Å²) in [6.07, 6.45) is -0.493. The SMILES string of the molecule is O=C(O)Cc1ccc(=O)[nH]c1[N+](=O)[O-]. The average Bonchev–Trinajstić information content (AvgIpc) is 2.07. The van der Waals surface area contributed by atoms with Crippen molar-refractivity contribution in [2.45, 2.75) is 6.42 Å². The van der Waals surface area contributed by atoms with E-state index in [1.54, 1.807) is 0 Å². The van der Waals surface area contributed by atoms with Crippen LogP contribution >= 0.6 is 0 Å². The van der Waals surface area contributed by atoms with Crippen molar-refractivity contribution in [3.63, 3.8) is 0 Å². The molecule has 0 aliphatic carbocycles. The van der Waals surface area contributed by atoms with Gasteiger partial charge in [-0.25, -0.2) is 9.78 Å². The molecule has 0 aromatic carbocycles. The molecule has 1 aromatic heterocycles. The zero-order valence-corrected chi connectivity index (χ0v) is 6.89. The van der Waals surface area contributed by atoms with Crippen LogP contribution in [-0.4, -0.2) is 21.0 Å². The van der Waals surface area contributed by atoms with Crippen LogP contribution in [0.3, 0.4) is 0 Å².